The van der Waals surface area contributed by atoms with Crippen molar-refractivity contribution in [1.82, 2.24) is 5.32 Å². The van der Waals surface area contributed by atoms with E-state index >= 15 is 0 Å². The topological polar surface area (TPSA) is 64.3 Å². The SMILES string of the molecule is Cc1cc(C)c(N)c(C#CCNC(=O)OCc2ccccc2)c1. The molecule has 2 aromatic carbocycles. The molecule has 4 nitrogen and oxygen atoms in total. The number of carbonyl (C=O) groups is 1. The Kier molecular flexibility index (Phi) is 5.65. The van der Waals surface area contributed by atoms with Gasteiger partial charge in [0.05, 0.1) is 12.2 Å². The van der Waals surface area contributed by atoms with Crippen LogP contribution in [0.15, 0.2) is 42.5 Å². The van der Waals surface area contributed by atoms with Crippen LogP contribution in [0.5, 0.6) is 0 Å². The van der Waals surface area contributed by atoms with Crippen molar-refractivity contribution >= 4 is 11.8 Å². The van der Waals surface area contributed by atoms with E-state index in [-0.39, 0.29) is 13.2 Å². The standard InChI is InChI=1S/C19H20N2O2/c1-14-11-15(2)18(20)17(12-14)9-6-10-21-19(22)23-13-16-7-4-3-5-8-16/h3-5,7-8,11-12H,10,13,20H2,1-2H3,(H,21,22). The number of nitrogens with one attached hydrogen (secondary N) is 1. The minimum absolute atomic E-state index is 0.208. The smallest absolute Gasteiger partial charge is 0.408 e. The number of hydrogen-bond acceptors (Lipinski definition) is 3. The van der Waals surface area contributed by atoms with Gasteiger partial charge < -0.3 is 15.8 Å². The lowest BCUT2D eigenvalue weighted by molar-refractivity contribution is 0.141. The number of amides is 1. The minimum Gasteiger partial charge on any atom is -0.445 e. The third-order valence-corrected chi connectivity index (χ3v) is 3.29. The van der Waals surface area contributed by atoms with E-state index in [2.05, 4.69) is 17.2 Å². The van der Waals surface area contributed by atoms with E-state index in [1.165, 1.54) is 0 Å². The summed E-state index contributed by atoms with van der Waals surface area (Å²) in [6, 6.07) is 13.5. The molecule has 0 saturated carbocycles. The fraction of sp³-hybridized carbons (Fsp3) is 0.211. The molecule has 0 saturated heterocycles. The van der Waals surface area contributed by atoms with Crippen LogP contribution in [0, 0.1) is 25.7 Å². The molecule has 118 valence electrons. The van der Waals surface area contributed by atoms with Gasteiger partial charge in [0.2, 0.25) is 0 Å². The first-order valence-corrected chi connectivity index (χ1v) is 7.36. The summed E-state index contributed by atoms with van der Waals surface area (Å²) in [5.74, 6) is 5.86. The van der Waals surface area contributed by atoms with Gasteiger partial charge in [-0.25, -0.2) is 4.79 Å². The van der Waals surface area contributed by atoms with Gasteiger partial charge in [-0.1, -0.05) is 48.2 Å². The van der Waals surface area contributed by atoms with Crippen molar-refractivity contribution in [3.63, 3.8) is 0 Å². The first kappa shape index (κ1) is 16.4. The monoisotopic (exact) mass is 308 g/mol. The summed E-state index contributed by atoms with van der Waals surface area (Å²) in [4.78, 5) is 11.6. The molecule has 1 amide bonds. The molecule has 0 bridgehead atoms. The van der Waals surface area contributed by atoms with Gasteiger partial charge in [0.1, 0.15) is 6.61 Å². The third kappa shape index (κ3) is 5.08. The molecule has 0 unspecified atom stereocenters. The second-order valence-electron chi connectivity index (χ2n) is 5.26. The van der Waals surface area contributed by atoms with E-state index in [1.54, 1.807) is 0 Å². The molecule has 0 aliphatic rings. The predicted molar refractivity (Wildman–Crippen MR) is 91.8 cm³/mol. The Labute approximate surface area is 136 Å². The Balaban J connectivity index is 1.82. The Bertz CT molecular complexity index is 743. The molecule has 4 heteroatoms. The van der Waals surface area contributed by atoms with E-state index < -0.39 is 6.09 Å². The molecule has 2 aromatic rings. The summed E-state index contributed by atoms with van der Waals surface area (Å²) in [7, 11) is 0. The molecule has 0 spiro atoms. The summed E-state index contributed by atoms with van der Waals surface area (Å²) in [6.07, 6.45) is -0.489. The number of rotatable bonds is 3. The van der Waals surface area contributed by atoms with Crippen molar-refractivity contribution in [2.45, 2.75) is 20.5 Å². The lowest BCUT2D eigenvalue weighted by Gasteiger charge is -2.05. The maximum atomic E-state index is 11.6. The molecule has 0 radical (unpaired) electrons. The largest absolute Gasteiger partial charge is 0.445 e. The highest BCUT2D eigenvalue weighted by molar-refractivity contribution is 5.67. The number of anilines is 1. The molecule has 0 heterocycles. The number of ether oxygens (including phenoxy) is 1. The van der Waals surface area contributed by atoms with E-state index in [0.29, 0.717) is 5.69 Å². The third-order valence-electron chi connectivity index (χ3n) is 3.29. The van der Waals surface area contributed by atoms with Crippen molar-refractivity contribution < 1.29 is 9.53 Å². The van der Waals surface area contributed by atoms with Crippen LogP contribution >= 0.6 is 0 Å². The van der Waals surface area contributed by atoms with Gasteiger partial charge >= 0.3 is 6.09 Å². The molecule has 0 aliphatic heterocycles. The first-order valence-electron chi connectivity index (χ1n) is 7.36. The van der Waals surface area contributed by atoms with Crippen LogP contribution in [0.1, 0.15) is 22.3 Å². The highest BCUT2D eigenvalue weighted by Gasteiger charge is 2.02. The average molecular weight is 308 g/mol. The number of nitrogen functional groups attached to an aromatic ring is 1. The van der Waals surface area contributed by atoms with Gasteiger partial charge in [0.25, 0.3) is 0 Å². The Hall–Kier alpha value is -2.93. The van der Waals surface area contributed by atoms with Gasteiger partial charge in [0.15, 0.2) is 0 Å². The van der Waals surface area contributed by atoms with Crippen LogP contribution in [0.2, 0.25) is 0 Å². The number of alkyl carbamates (subject to hydrolysis) is 1. The lowest BCUT2D eigenvalue weighted by Crippen LogP contribution is -2.24. The summed E-state index contributed by atoms with van der Waals surface area (Å²) in [5.41, 5.74) is 10.5. The van der Waals surface area contributed by atoms with Crippen LogP contribution in [0.3, 0.4) is 0 Å². The van der Waals surface area contributed by atoms with Crippen molar-refractivity contribution in [1.29, 1.82) is 0 Å². The van der Waals surface area contributed by atoms with Crippen LogP contribution in [-0.2, 0) is 11.3 Å². The van der Waals surface area contributed by atoms with E-state index in [4.69, 9.17) is 10.5 Å². The van der Waals surface area contributed by atoms with Crippen molar-refractivity contribution in [2.24, 2.45) is 0 Å². The fourth-order valence-corrected chi connectivity index (χ4v) is 2.11. The fourth-order valence-electron chi connectivity index (χ4n) is 2.11. The van der Waals surface area contributed by atoms with Crippen LogP contribution in [-0.4, -0.2) is 12.6 Å². The summed E-state index contributed by atoms with van der Waals surface area (Å²) in [5, 5.41) is 2.60. The van der Waals surface area contributed by atoms with Crippen molar-refractivity contribution in [3.8, 4) is 11.8 Å². The van der Waals surface area contributed by atoms with Gasteiger partial charge in [-0.2, -0.15) is 0 Å². The number of nitrogens with two attached hydrogens (primary N) is 1. The van der Waals surface area contributed by atoms with Gasteiger partial charge in [0, 0.05) is 5.56 Å². The molecule has 3 N–H and O–H groups in total. The zero-order valence-electron chi connectivity index (χ0n) is 13.3. The Morgan fingerprint density at radius 3 is 2.70 bits per heavy atom. The predicted octanol–water partition coefficient (Wildman–Crippen LogP) is 3.16. The normalized spacial score (nSPS) is 9.65. The zero-order chi connectivity index (χ0) is 16.7. The highest BCUT2D eigenvalue weighted by Crippen LogP contribution is 2.17. The number of benzene rings is 2. The molecule has 0 aliphatic carbocycles. The average Bonchev–Trinajstić information content (AvgIpc) is 2.54. The first-order chi connectivity index (χ1) is 11.1. The van der Waals surface area contributed by atoms with Gasteiger partial charge in [-0.15, -0.1) is 0 Å². The highest BCUT2D eigenvalue weighted by atomic mass is 16.5. The molecule has 0 fully saturated rings. The Morgan fingerprint density at radius 1 is 1.22 bits per heavy atom. The van der Waals surface area contributed by atoms with Gasteiger partial charge in [-0.3, -0.25) is 0 Å². The van der Waals surface area contributed by atoms with E-state index in [0.717, 1.165) is 22.3 Å². The minimum atomic E-state index is -0.489. The van der Waals surface area contributed by atoms with Gasteiger partial charge in [-0.05, 0) is 36.6 Å². The van der Waals surface area contributed by atoms with E-state index in [9.17, 15) is 4.79 Å². The maximum absolute atomic E-state index is 11.6. The zero-order valence-corrected chi connectivity index (χ0v) is 13.3. The Morgan fingerprint density at radius 2 is 1.96 bits per heavy atom. The molecule has 2 rings (SSSR count). The molecule has 0 atom stereocenters. The number of hydrogen-bond donors (Lipinski definition) is 2. The molecular formula is C19H20N2O2. The van der Waals surface area contributed by atoms with Crippen molar-refractivity contribution in [3.05, 3.63) is 64.7 Å². The second kappa shape index (κ2) is 7.90. The van der Waals surface area contributed by atoms with Crippen molar-refractivity contribution in [2.75, 3.05) is 12.3 Å². The van der Waals surface area contributed by atoms with Crippen LogP contribution in [0.25, 0.3) is 0 Å². The molecule has 23 heavy (non-hydrogen) atoms. The molecule has 0 aromatic heterocycles. The lowest BCUT2D eigenvalue weighted by atomic mass is 10.0. The second-order valence-corrected chi connectivity index (χ2v) is 5.26. The summed E-state index contributed by atoms with van der Waals surface area (Å²) < 4.78 is 5.10. The molecular weight excluding hydrogens is 288 g/mol. The number of carbonyl (C=O) groups excluding carboxylic acids is 1. The van der Waals surface area contributed by atoms with Crippen LogP contribution < -0.4 is 11.1 Å². The summed E-state index contributed by atoms with van der Waals surface area (Å²) in [6.45, 7) is 4.40. The van der Waals surface area contributed by atoms with E-state index in [1.807, 2.05) is 56.3 Å². The van der Waals surface area contributed by atoms with Crippen LogP contribution in [0.4, 0.5) is 10.5 Å². The quantitative estimate of drug-likeness (QED) is 0.676. The maximum Gasteiger partial charge on any atom is 0.408 e. The number of aryl methyl sites for hydroxylation is 2. The summed E-state index contributed by atoms with van der Waals surface area (Å²) >= 11 is 0.